The molecule has 0 saturated heterocycles. The summed E-state index contributed by atoms with van der Waals surface area (Å²) in [5.74, 6) is -0.466. The Labute approximate surface area is 140 Å². The van der Waals surface area contributed by atoms with E-state index in [1.165, 1.54) is 0 Å². The summed E-state index contributed by atoms with van der Waals surface area (Å²) in [6, 6.07) is 5.18. The minimum absolute atomic E-state index is 0.105. The number of aromatic nitrogens is 2. The van der Waals surface area contributed by atoms with Gasteiger partial charge in [0.2, 0.25) is 10.0 Å². The Morgan fingerprint density at radius 2 is 2.00 bits per heavy atom. The van der Waals surface area contributed by atoms with Crippen molar-refractivity contribution in [3.63, 3.8) is 0 Å². The molecule has 2 heterocycles. The number of carbonyl (C=O) groups excluding carboxylic acids is 1. The Kier molecular flexibility index (Phi) is 4.66. The molecule has 2 aromatic rings. The van der Waals surface area contributed by atoms with E-state index in [2.05, 4.69) is 14.9 Å². The minimum Gasteiger partial charge on any atom is -0.360 e. The maximum Gasteiger partial charge on any atom is 0.270 e. The third-order valence-corrected chi connectivity index (χ3v) is 6.04. The Morgan fingerprint density at radius 1 is 1.25 bits per heavy atom. The number of nitrogens with zero attached hydrogens (tertiary/aromatic N) is 2. The molecule has 1 aliphatic carbocycles. The Hall–Kier alpha value is -2.22. The van der Waals surface area contributed by atoms with Crippen molar-refractivity contribution in [2.45, 2.75) is 44.3 Å². The van der Waals surface area contributed by atoms with Crippen LogP contribution in [-0.4, -0.2) is 29.7 Å². The van der Waals surface area contributed by atoms with Crippen LogP contribution in [0, 0.1) is 6.92 Å². The van der Waals surface area contributed by atoms with Gasteiger partial charge in [-0.05, 0) is 31.9 Å². The summed E-state index contributed by atoms with van der Waals surface area (Å²) in [6.45, 7) is 1.57. The average molecular weight is 349 g/mol. The Bertz CT molecular complexity index is 824. The molecular formula is C16H19N3O4S. The summed E-state index contributed by atoms with van der Waals surface area (Å²) >= 11 is 0. The summed E-state index contributed by atoms with van der Waals surface area (Å²) in [6.07, 6.45) is 5.50. The first-order valence-corrected chi connectivity index (χ1v) is 9.47. The van der Waals surface area contributed by atoms with E-state index < -0.39 is 21.2 Å². The molecule has 1 N–H and O–H groups in total. The molecule has 1 saturated carbocycles. The van der Waals surface area contributed by atoms with E-state index >= 15 is 0 Å². The molecule has 0 unspecified atom stereocenters. The number of carbonyl (C=O) groups is 1. The number of pyridine rings is 1. The van der Waals surface area contributed by atoms with E-state index in [1.54, 1.807) is 31.3 Å². The van der Waals surface area contributed by atoms with Crippen LogP contribution in [0.25, 0.3) is 11.4 Å². The SMILES string of the molecule is Cc1onc(-c2ccccn2)c1C(=O)NS(=O)(=O)C1CCCCC1. The minimum atomic E-state index is -3.71. The molecule has 0 atom stereocenters. The Morgan fingerprint density at radius 3 is 2.67 bits per heavy atom. The number of rotatable bonds is 4. The van der Waals surface area contributed by atoms with Gasteiger partial charge < -0.3 is 4.52 Å². The summed E-state index contributed by atoms with van der Waals surface area (Å²) in [7, 11) is -3.71. The Balaban J connectivity index is 1.87. The van der Waals surface area contributed by atoms with E-state index in [0.29, 0.717) is 18.5 Å². The van der Waals surface area contributed by atoms with Gasteiger partial charge in [-0.1, -0.05) is 30.5 Å². The zero-order chi connectivity index (χ0) is 17.2. The van der Waals surface area contributed by atoms with E-state index in [1.807, 2.05) is 0 Å². The topological polar surface area (TPSA) is 102 Å². The van der Waals surface area contributed by atoms with Gasteiger partial charge in [0.05, 0.1) is 10.9 Å². The molecule has 128 valence electrons. The first-order chi connectivity index (χ1) is 11.5. The number of amides is 1. The maximum atomic E-state index is 12.6. The van der Waals surface area contributed by atoms with Gasteiger partial charge in [0.15, 0.2) is 0 Å². The number of aryl methyl sites for hydroxylation is 1. The molecule has 24 heavy (non-hydrogen) atoms. The van der Waals surface area contributed by atoms with E-state index in [9.17, 15) is 13.2 Å². The largest absolute Gasteiger partial charge is 0.360 e. The summed E-state index contributed by atoms with van der Waals surface area (Å²) < 4.78 is 32.2. The second kappa shape index (κ2) is 6.72. The van der Waals surface area contributed by atoms with Crippen molar-refractivity contribution in [3.05, 3.63) is 35.7 Å². The smallest absolute Gasteiger partial charge is 0.270 e. The van der Waals surface area contributed by atoms with E-state index in [0.717, 1.165) is 19.3 Å². The van der Waals surface area contributed by atoms with Crippen molar-refractivity contribution in [1.82, 2.24) is 14.9 Å². The van der Waals surface area contributed by atoms with Crippen LogP contribution in [0.2, 0.25) is 0 Å². The zero-order valence-corrected chi connectivity index (χ0v) is 14.2. The van der Waals surface area contributed by atoms with Gasteiger partial charge in [0.1, 0.15) is 17.0 Å². The van der Waals surface area contributed by atoms with Crippen molar-refractivity contribution in [2.24, 2.45) is 0 Å². The van der Waals surface area contributed by atoms with Gasteiger partial charge in [-0.2, -0.15) is 0 Å². The van der Waals surface area contributed by atoms with Crippen molar-refractivity contribution in [2.75, 3.05) is 0 Å². The first-order valence-electron chi connectivity index (χ1n) is 7.92. The fourth-order valence-corrected chi connectivity index (χ4v) is 4.44. The highest BCUT2D eigenvalue weighted by Crippen LogP contribution is 2.26. The second-order valence-corrected chi connectivity index (χ2v) is 7.87. The van der Waals surface area contributed by atoms with E-state index in [4.69, 9.17) is 4.52 Å². The highest BCUT2D eigenvalue weighted by atomic mass is 32.2. The molecule has 0 radical (unpaired) electrons. The lowest BCUT2D eigenvalue weighted by Crippen LogP contribution is -2.39. The van der Waals surface area contributed by atoms with Crippen molar-refractivity contribution < 1.29 is 17.7 Å². The van der Waals surface area contributed by atoms with Crippen LogP contribution >= 0.6 is 0 Å². The molecule has 8 heteroatoms. The third-order valence-electron chi connectivity index (χ3n) is 4.22. The van der Waals surface area contributed by atoms with Gasteiger partial charge in [0.25, 0.3) is 5.91 Å². The van der Waals surface area contributed by atoms with Crippen molar-refractivity contribution in [1.29, 1.82) is 0 Å². The lowest BCUT2D eigenvalue weighted by atomic mass is 10.0. The average Bonchev–Trinajstić information content (AvgIpc) is 2.98. The predicted molar refractivity (Wildman–Crippen MR) is 87.7 cm³/mol. The van der Waals surface area contributed by atoms with Gasteiger partial charge in [0, 0.05) is 6.20 Å². The van der Waals surface area contributed by atoms with Crippen LogP contribution in [0.15, 0.2) is 28.9 Å². The highest BCUT2D eigenvalue weighted by Gasteiger charge is 2.31. The summed E-state index contributed by atoms with van der Waals surface area (Å²) in [5.41, 5.74) is 0.798. The van der Waals surface area contributed by atoms with Crippen molar-refractivity contribution >= 4 is 15.9 Å². The number of sulfonamides is 1. The monoisotopic (exact) mass is 349 g/mol. The van der Waals surface area contributed by atoms with Gasteiger partial charge in [-0.15, -0.1) is 0 Å². The van der Waals surface area contributed by atoms with Gasteiger partial charge >= 0.3 is 0 Å². The quantitative estimate of drug-likeness (QED) is 0.909. The molecule has 1 fully saturated rings. The fraction of sp³-hybridized carbons (Fsp3) is 0.438. The third kappa shape index (κ3) is 3.33. The standard InChI is InChI=1S/C16H19N3O4S/c1-11-14(15(18-23-11)13-9-5-6-10-17-13)16(20)19-24(21,22)12-7-3-2-4-8-12/h5-6,9-10,12H,2-4,7-8H2,1H3,(H,19,20). The number of nitrogens with one attached hydrogen (secondary N) is 1. The van der Waals surface area contributed by atoms with Gasteiger partial charge in [-0.3, -0.25) is 9.78 Å². The number of hydrogen-bond donors (Lipinski definition) is 1. The van der Waals surface area contributed by atoms with Crippen LogP contribution < -0.4 is 4.72 Å². The molecule has 2 aromatic heterocycles. The molecular weight excluding hydrogens is 330 g/mol. The van der Waals surface area contributed by atoms with Crippen LogP contribution in [0.1, 0.15) is 48.2 Å². The summed E-state index contributed by atoms with van der Waals surface area (Å²) in [5, 5.41) is 3.34. The second-order valence-electron chi connectivity index (χ2n) is 5.91. The molecule has 0 aromatic carbocycles. The van der Waals surface area contributed by atoms with Crippen LogP contribution in [0.4, 0.5) is 0 Å². The van der Waals surface area contributed by atoms with E-state index in [-0.39, 0.29) is 17.0 Å². The molecule has 1 amide bonds. The molecule has 1 aliphatic rings. The molecule has 7 nitrogen and oxygen atoms in total. The zero-order valence-electron chi connectivity index (χ0n) is 13.4. The normalized spacial score (nSPS) is 16.0. The molecule has 3 rings (SSSR count). The van der Waals surface area contributed by atoms with Crippen LogP contribution in [0.3, 0.4) is 0 Å². The molecule has 0 bridgehead atoms. The van der Waals surface area contributed by atoms with Gasteiger partial charge in [-0.25, -0.2) is 13.1 Å². The van der Waals surface area contributed by atoms with Crippen LogP contribution in [-0.2, 0) is 10.0 Å². The first kappa shape index (κ1) is 16.6. The lowest BCUT2D eigenvalue weighted by molar-refractivity contribution is 0.0980. The fourth-order valence-electron chi connectivity index (χ4n) is 2.96. The summed E-state index contributed by atoms with van der Waals surface area (Å²) in [4.78, 5) is 16.7. The lowest BCUT2D eigenvalue weighted by Gasteiger charge is -2.21. The van der Waals surface area contributed by atoms with Crippen molar-refractivity contribution in [3.8, 4) is 11.4 Å². The van der Waals surface area contributed by atoms with Crippen LogP contribution in [0.5, 0.6) is 0 Å². The number of hydrogen-bond acceptors (Lipinski definition) is 6. The maximum absolute atomic E-state index is 12.6. The molecule has 0 spiro atoms. The predicted octanol–water partition coefficient (Wildman–Crippen LogP) is 2.44. The molecule has 0 aliphatic heterocycles. The highest BCUT2D eigenvalue weighted by molar-refractivity contribution is 7.90.